The van der Waals surface area contributed by atoms with E-state index in [-0.39, 0.29) is 25.6 Å². The zero-order chi connectivity index (χ0) is 38.8. The average Bonchev–Trinajstić information content (AvgIpc) is 3.12. The van der Waals surface area contributed by atoms with Gasteiger partial charge in [-0.3, -0.25) is 14.4 Å². The highest BCUT2D eigenvalue weighted by Gasteiger charge is 2.30. The van der Waals surface area contributed by atoms with Crippen LogP contribution in [0.25, 0.3) is 0 Å². The van der Waals surface area contributed by atoms with Crippen LogP contribution in [-0.2, 0) is 53.0 Å². The summed E-state index contributed by atoms with van der Waals surface area (Å²) in [4.78, 5) is 65.2. The lowest BCUT2D eigenvalue weighted by Gasteiger charge is -2.25. The maximum Gasteiger partial charge on any atom is 0.408 e. The van der Waals surface area contributed by atoms with Gasteiger partial charge in [-0.1, -0.05) is 86.6 Å². The standard InChI is InChI=1S/C40H52N4O9/c1-27(2)21-33(38(48)50-6)42-35(45)23-41-36(46)32(22-28-17-19-31(20-18-28)52-25-30-15-11-8-12-16-30)43-37(47)34(44-39(49)53-40(3,4)5)26-51-24-29-13-9-7-10-14-29/h7-20,27,32-34H,21-26H2,1-6H3,(H,41,46)(H,42,45)(H,43,47)(H,44,49)/t32-,33-,34-/m1/s1. The van der Waals surface area contributed by atoms with Crippen LogP contribution in [0.4, 0.5) is 4.79 Å². The number of alkyl carbamates (subject to hydrolysis) is 1. The summed E-state index contributed by atoms with van der Waals surface area (Å²) in [5.41, 5.74) is 1.71. The van der Waals surface area contributed by atoms with Crippen molar-refractivity contribution in [1.82, 2.24) is 21.3 Å². The van der Waals surface area contributed by atoms with Crippen molar-refractivity contribution in [3.63, 3.8) is 0 Å². The van der Waals surface area contributed by atoms with Crippen LogP contribution in [0.5, 0.6) is 5.75 Å². The lowest BCUT2D eigenvalue weighted by Crippen LogP contribution is -2.57. The number of esters is 1. The van der Waals surface area contributed by atoms with Gasteiger partial charge >= 0.3 is 12.1 Å². The average molecular weight is 733 g/mol. The summed E-state index contributed by atoms with van der Waals surface area (Å²) in [6.45, 7) is 8.72. The largest absolute Gasteiger partial charge is 0.489 e. The highest BCUT2D eigenvalue weighted by molar-refractivity contribution is 5.93. The molecule has 0 unspecified atom stereocenters. The molecule has 0 saturated heterocycles. The zero-order valence-electron chi connectivity index (χ0n) is 31.3. The number of carbonyl (C=O) groups excluding carboxylic acids is 5. The summed E-state index contributed by atoms with van der Waals surface area (Å²) in [5.74, 6) is -1.90. The van der Waals surface area contributed by atoms with Crippen molar-refractivity contribution in [1.29, 1.82) is 0 Å². The minimum Gasteiger partial charge on any atom is -0.489 e. The van der Waals surface area contributed by atoms with E-state index in [1.807, 2.05) is 74.5 Å². The number of carbonyl (C=O) groups is 5. The summed E-state index contributed by atoms with van der Waals surface area (Å²) < 4.78 is 21.9. The first-order valence-electron chi connectivity index (χ1n) is 17.5. The Morgan fingerprint density at radius 3 is 1.85 bits per heavy atom. The molecular formula is C40H52N4O9. The molecule has 13 nitrogen and oxygen atoms in total. The van der Waals surface area contributed by atoms with Crippen molar-refractivity contribution in [2.75, 3.05) is 20.3 Å². The van der Waals surface area contributed by atoms with Crippen LogP contribution in [0.15, 0.2) is 84.9 Å². The molecular weight excluding hydrogens is 680 g/mol. The maximum atomic E-state index is 13.8. The SMILES string of the molecule is COC(=O)[C@@H](CC(C)C)NC(=O)CNC(=O)[C@@H](Cc1ccc(OCc2ccccc2)cc1)NC(=O)[C@@H](COCc1ccccc1)NC(=O)OC(C)(C)C. The number of nitrogens with one attached hydrogen (secondary N) is 4. The lowest BCUT2D eigenvalue weighted by atomic mass is 10.0. The lowest BCUT2D eigenvalue weighted by molar-refractivity contribution is -0.145. The fraction of sp³-hybridized carbons (Fsp3) is 0.425. The normalized spacial score (nSPS) is 12.8. The highest BCUT2D eigenvalue weighted by atomic mass is 16.6. The fourth-order valence-electron chi connectivity index (χ4n) is 5.05. The minimum absolute atomic E-state index is 0.0281. The molecule has 0 aromatic heterocycles. The van der Waals surface area contributed by atoms with E-state index in [9.17, 15) is 24.0 Å². The van der Waals surface area contributed by atoms with Gasteiger partial charge in [0.2, 0.25) is 17.7 Å². The highest BCUT2D eigenvalue weighted by Crippen LogP contribution is 2.16. The van der Waals surface area contributed by atoms with Crippen molar-refractivity contribution in [3.8, 4) is 5.75 Å². The van der Waals surface area contributed by atoms with Crippen molar-refractivity contribution in [2.45, 2.75) is 84.4 Å². The van der Waals surface area contributed by atoms with E-state index in [4.69, 9.17) is 18.9 Å². The predicted octanol–water partition coefficient (Wildman–Crippen LogP) is 4.22. The number of benzene rings is 3. The molecule has 4 amide bonds. The Kier molecular flexibility index (Phi) is 16.8. The molecule has 0 spiro atoms. The Bertz CT molecular complexity index is 1610. The van der Waals surface area contributed by atoms with Crippen LogP contribution in [0.1, 0.15) is 57.7 Å². The molecule has 3 atom stereocenters. The third-order valence-electron chi connectivity index (χ3n) is 7.60. The van der Waals surface area contributed by atoms with Crippen LogP contribution in [-0.4, -0.2) is 73.8 Å². The van der Waals surface area contributed by atoms with Crippen LogP contribution in [0, 0.1) is 5.92 Å². The second kappa shape index (κ2) is 21.2. The summed E-state index contributed by atoms with van der Waals surface area (Å²) in [6, 6.07) is 22.7. The van der Waals surface area contributed by atoms with E-state index in [2.05, 4.69) is 21.3 Å². The van der Waals surface area contributed by atoms with Gasteiger partial charge in [0, 0.05) is 6.42 Å². The summed E-state index contributed by atoms with van der Waals surface area (Å²) >= 11 is 0. The first-order chi connectivity index (χ1) is 25.2. The Labute approximate surface area is 311 Å². The summed E-state index contributed by atoms with van der Waals surface area (Å²) in [7, 11) is 1.23. The van der Waals surface area contributed by atoms with Crippen molar-refractivity contribution in [3.05, 3.63) is 102 Å². The fourth-order valence-corrected chi connectivity index (χ4v) is 5.05. The van der Waals surface area contributed by atoms with Gasteiger partial charge in [-0.05, 0) is 61.9 Å². The minimum atomic E-state index is -1.24. The molecule has 286 valence electrons. The van der Waals surface area contributed by atoms with Gasteiger partial charge in [0.1, 0.15) is 36.1 Å². The molecule has 0 saturated carbocycles. The van der Waals surface area contributed by atoms with E-state index in [0.29, 0.717) is 24.3 Å². The van der Waals surface area contributed by atoms with E-state index < -0.39 is 60.1 Å². The molecule has 3 rings (SSSR count). The van der Waals surface area contributed by atoms with E-state index in [1.54, 1.807) is 45.0 Å². The Hall–Kier alpha value is -5.43. The number of hydrogen-bond donors (Lipinski definition) is 4. The third-order valence-corrected chi connectivity index (χ3v) is 7.60. The Morgan fingerprint density at radius 2 is 1.28 bits per heavy atom. The first kappa shape index (κ1) is 42.0. The van der Waals surface area contributed by atoms with Gasteiger partial charge in [-0.2, -0.15) is 0 Å². The molecule has 53 heavy (non-hydrogen) atoms. The first-order valence-corrected chi connectivity index (χ1v) is 17.5. The van der Waals surface area contributed by atoms with Crippen molar-refractivity contribution < 1.29 is 42.9 Å². The van der Waals surface area contributed by atoms with Gasteiger partial charge < -0.3 is 40.2 Å². The molecule has 0 fully saturated rings. The topological polar surface area (TPSA) is 170 Å². The summed E-state index contributed by atoms with van der Waals surface area (Å²) in [6.07, 6.45) is -0.472. The molecule has 3 aromatic rings. The molecule has 0 aliphatic rings. The van der Waals surface area contributed by atoms with E-state index >= 15 is 0 Å². The number of hydrogen-bond acceptors (Lipinski definition) is 9. The van der Waals surface area contributed by atoms with Crippen LogP contribution < -0.4 is 26.0 Å². The van der Waals surface area contributed by atoms with Crippen molar-refractivity contribution in [2.24, 2.45) is 5.92 Å². The molecule has 0 heterocycles. The second-order valence-electron chi connectivity index (χ2n) is 13.9. The smallest absolute Gasteiger partial charge is 0.408 e. The van der Waals surface area contributed by atoms with Crippen LogP contribution in [0.3, 0.4) is 0 Å². The Balaban J connectivity index is 1.77. The Morgan fingerprint density at radius 1 is 0.679 bits per heavy atom. The molecule has 0 radical (unpaired) electrons. The monoisotopic (exact) mass is 732 g/mol. The third kappa shape index (κ3) is 16.2. The van der Waals surface area contributed by atoms with Gasteiger partial charge in [0.25, 0.3) is 0 Å². The number of methoxy groups -OCH3 is 1. The van der Waals surface area contributed by atoms with E-state index in [1.165, 1.54) is 7.11 Å². The molecule has 0 aliphatic heterocycles. The molecule has 4 N–H and O–H groups in total. The van der Waals surface area contributed by atoms with Gasteiger partial charge in [-0.15, -0.1) is 0 Å². The van der Waals surface area contributed by atoms with Crippen LogP contribution in [0.2, 0.25) is 0 Å². The molecule has 0 bridgehead atoms. The van der Waals surface area contributed by atoms with E-state index in [0.717, 1.165) is 11.1 Å². The summed E-state index contributed by atoms with van der Waals surface area (Å²) in [5, 5.41) is 10.4. The zero-order valence-corrected chi connectivity index (χ0v) is 31.3. The molecule has 3 aromatic carbocycles. The molecule has 13 heteroatoms. The quantitative estimate of drug-likeness (QED) is 0.132. The maximum absolute atomic E-state index is 13.8. The van der Waals surface area contributed by atoms with Gasteiger partial charge in [-0.25, -0.2) is 9.59 Å². The predicted molar refractivity (Wildman–Crippen MR) is 199 cm³/mol. The van der Waals surface area contributed by atoms with Crippen LogP contribution >= 0.6 is 0 Å². The van der Waals surface area contributed by atoms with Crippen molar-refractivity contribution >= 4 is 29.8 Å². The van der Waals surface area contributed by atoms with Gasteiger partial charge in [0.15, 0.2) is 0 Å². The number of ether oxygens (including phenoxy) is 4. The molecule has 0 aliphatic carbocycles. The second-order valence-corrected chi connectivity index (χ2v) is 13.9. The number of rotatable bonds is 19. The van der Waals surface area contributed by atoms with Gasteiger partial charge in [0.05, 0.1) is 26.9 Å². The number of amides is 4.